The number of benzene rings is 1. The second-order valence-electron chi connectivity index (χ2n) is 6.49. The van der Waals surface area contributed by atoms with Gasteiger partial charge in [-0.1, -0.05) is 34.8 Å². The number of halogens is 3. The zero-order chi connectivity index (χ0) is 18.1. The van der Waals surface area contributed by atoms with E-state index in [9.17, 15) is 0 Å². The summed E-state index contributed by atoms with van der Waals surface area (Å²) in [6.07, 6.45) is 3.05. The number of pyridine rings is 1. The van der Waals surface area contributed by atoms with Crippen molar-refractivity contribution in [3.63, 3.8) is 0 Å². The molecule has 0 amide bonds. The van der Waals surface area contributed by atoms with Gasteiger partial charge in [-0.2, -0.15) is 0 Å². The summed E-state index contributed by atoms with van der Waals surface area (Å²) in [6, 6.07) is 9.33. The lowest BCUT2D eigenvalue weighted by atomic mass is 10.1. The quantitative estimate of drug-likeness (QED) is 0.677. The van der Waals surface area contributed by atoms with Gasteiger partial charge >= 0.3 is 0 Å². The van der Waals surface area contributed by atoms with Gasteiger partial charge in [0, 0.05) is 36.4 Å². The molecule has 4 nitrogen and oxygen atoms in total. The highest BCUT2D eigenvalue weighted by Crippen LogP contribution is 2.33. The summed E-state index contributed by atoms with van der Waals surface area (Å²) in [6.45, 7) is 4.90. The van der Waals surface area contributed by atoms with Crippen molar-refractivity contribution in [1.82, 2.24) is 19.6 Å². The van der Waals surface area contributed by atoms with E-state index in [0.717, 1.165) is 61.7 Å². The molecule has 1 fully saturated rings. The maximum atomic E-state index is 6.48. The molecule has 3 heterocycles. The average Bonchev–Trinajstić information content (AvgIpc) is 2.79. The Balaban J connectivity index is 1.83. The molecule has 1 aromatic carbocycles. The minimum absolute atomic E-state index is 0.603. The predicted molar refractivity (Wildman–Crippen MR) is 108 cm³/mol. The fourth-order valence-electron chi connectivity index (χ4n) is 3.39. The third-order valence-electron chi connectivity index (χ3n) is 4.67. The summed E-state index contributed by atoms with van der Waals surface area (Å²) in [5.74, 6) is 0. The van der Waals surface area contributed by atoms with Gasteiger partial charge in [0.05, 0.1) is 21.4 Å². The van der Waals surface area contributed by atoms with Gasteiger partial charge in [0.1, 0.15) is 5.65 Å². The molecule has 1 saturated heterocycles. The van der Waals surface area contributed by atoms with Crippen molar-refractivity contribution in [2.24, 2.45) is 0 Å². The van der Waals surface area contributed by atoms with Crippen LogP contribution < -0.4 is 5.32 Å². The van der Waals surface area contributed by atoms with Crippen LogP contribution in [0.1, 0.15) is 12.1 Å². The van der Waals surface area contributed by atoms with E-state index in [1.807, 2.05) is 30.5 Å². The highest BCUT2D eigenvalue weighted by molar-refractivity contribution is 6.36. The van der Waals surface area contributed by atoms with Crippen LogP contribution in [0.4, 0.5) is 0 Å². The van der Waals surface area contributed by atoms with E-state index < -0.39 is 0 Å². The summed E-state index contributed by atoms with van der Waals surface area (Å²) in [4.78, 5) is 7.28. The van der Waals surface area contributed by atoms with E-state index in [-0.39, 0.29) is 0 Å². The third-order valence-corrected chi connectivity index (χ3v) is 5.45. The van der Waals surface area contributed by atoms with E-state index in [2.05, 4.69) is 14.6 Å². The Morgan fingerprint density at radius 3 is 2.69 bits per heavy atom. The maximum absolute atomic E-state index is 6.48. The monoisotopic (exact) mass is 408 g/mol. The molecule has 0 atom stereocenters. The molecule has 2 aromatic heterocycles. The van der Waals surface area contributed by atoms with E-state index in [1.165, 1.54) is 0 Å². The van der Waals surface area contributed by atoms with Gasteiger partial charge in [0.2, 0.25) is 0 Å². The topological polar surface area (TPSA) is 32.6 Å². The highest BCUT2D eigenvalue weighted by Gasteiger charge is 2.20. The molecule has 0 bridgehead atoms. The first-order valence-corrected chi connectivity index (χ1v) is 9.80. The molecule has 0 aliphatic carbocycles. The Hall–Kier alpha value is -1.30. The standard InChI is InChI=1S/C19H19Cl3N4/c20-13-2-4-15(16(22)10-13)19-17(12-25-8-1-6-23-7-9-25)26-11-14(21)3-5-18(26)24-19/h2-5,10-11,23H,1,6-9,12H2. The molecular formula is C19H19Cl3N4. The smallest absolute Gasteiger partial charge is 0.137 e. The fourth-order valence-corrected chi connectivity index (χ4v) is 4.05. The Labute approximate surface area is 167 Å². The van der Waals surface area contributed by atoms with Crippen LogP contribution >= 0.6 is 34.8 Å². The first-order chi connectivity index (χ1) is 12.6. The van der Waals surface area contributed by atoms with Crippen LogP contribution in [0.3, 0.4) is 0 Å². The zero-order valence-electron chi connectivity index (χ0n) is 14.2. The first-order valence-electron chi connectivity index (χ1n) is 8.67. The lowest BCUT2D eigenvalue weighted by molar-refractivity contribution is 0.281. The number of hydrogen-bond donors (Lipinski definition) is 1. The molecule has 1 aliphatic heterocycles. The third kappa shape index (κ3) is 3.71. The number of aromatic nitrogens is 2. The summed E-state index contributed by atoms with van der Waals surface area (Å²) in [5, 5.41) is 5.35. The largest absolute Gasteiger partial charge is 0.315 e. The van der Waals surface area contributed by atoms with Crippen molar-refractivity contribution >= 4 is 40.4 Å². The first kappa shape index (κ1) is 18.1. The van der Waals surface area contributed by atoms with Gasteiger partial charge in [-0.15, -0.1) is 0 Å². The molecule has 1 aliphatic rings. The van der Waals surface area contributed by atoms with Crippen LogP contribution in [0.5, 0.6) is 0 Å². The Morgan fingerprint density at radius 2 is 1.85 bits per heavy atom. The minimum atomic E-state index is 0.603. The molecule has 3 aromatic rings. The van der Waals surface area contributed by atoms with Gasteiger partial charge in [0.25, 0.3) is 0 Å². The molecule has 7 heteroatoms. The Bertz CT molecular complexity index is 930. The highest BCUT2D eigenvalue weighted by atomic mass is 35.5. The summed E-state index contributed by atoms with van der Waals surface area (Å²) in [5.41, 5.74) is 3.72. The van der Waals surface area contributed by atoms with E-state index >= 15 is 0 Å². The second-order valence-corrected chi connectivity index (χ2v) is 7.77. The van der Waals surface area contributed by atoms with Crippen LogP contribution in [-0.4, -0.2) is 40.5 Å². The number of imidazole rings is 1. The number of rotatable bonds is 3. The van der Waals surface area contributed by atoms with Crippen LogP contribution in [0.15, 0.2) is 36.5 Å². The van der Waals surface area contributed by atoms with Gasteiger partial charge in [0.15, 0.2) is 0 Å². The Kier molecular flexibility index (Phi) is 5.39. The normalized spacial score (nSPS) is 16.1. The van der Waals surface area contributed by atoms with E-state index in [0.29, 0.717) is 15.1 Å². The van der Waals surface area contributed by atoms with Gasteiger partial charge in [-0.3, -0.25) is 4.90 Å². The lowest BCUT2D eigenvalue weighted by Crippen LogP contribution is -2.28. The summed E-state index contributed by atoms with van der Waals surface area (Å²) >= 11 is 18.8. The van der Waals surface area contributed by atoms with Crippen LogP contribution in [0, 0.1) is 0 Å². The van der Waals surface area contributed by atoms with Crippen molar-refractivity contribution in [3.8, 4) is 11.3 Å². The number of nitrogens with one attached hydrogen (secondary N) is 1. The number of nitrogens with zero attached hydrogens (tertiary/aromatic N) is 3. The molecule has 26 heavy (non-hydrogen) atoms. The molecule has 0 unspecified atom stereocenters. The average molecular weight is 410 g/mol. The van der Waals surface area contributed by atoms with Crippen LogP contribution in [-0.2, 0) is 6.54 Å². The van der Waals surface area contributed by atoms with E-state index in [1.54, 1.807) is 6.07 Å². The second kappa shape index (κ2) is 7.75. The van der Waals surface area contributed by atoms with Crippen molar-refractivity contribution in [2.75, 3.05) is 26.2 Å². The molecule has 0 saturated carbocycles. The molecule has 4 rings (SSSR count). The SMILES string of the molecule is Clc1ccc(-c2nc3ccc(Cl)cn3c2CN2CCCNCC2)c(Cl)c1. The number of hydrogen-bond acceptors (Lipinski definition) is 3. The van der Waals surface area contributed by atoms with Crippen LogP contribution in [0.2, 0.25) is 15.1 Å². The van der Waals surface area contributed by atoms with Crippen molar-refractivity contribution in [1.29, 1.82) is 0 Å². The van der Waals surface area contributed by atoms with Crippen molar-refractivity contribution in [3.05, 3.63) is 57.3 Å². The van der Waals surface area contributed by atoms with Crippen molar-refractivity contribution in [2.45, 2.75) is 13.0 Å². The molecule has 0 spiro atoms. The predicted octanol–water partition coefficient (Wildman–Crippen LogP) is 4.76. The summed E-state index contributed by atoms with van der Waals surface area (Å²) < 4.78 is 2.07. The molecule has 136 valence electrons. The molecule has 0 radical (unpaired) electrons. The van der Waals surface area contributed by atoms with Crippen molar-refractivity contribution < 1.29 is 0 Å². The number of fused-ring (bicyclic) bond motifs is 1. The maximum Gasteiger partial charge on any atom is 0.137 e. The van der Waals surface area contributed by atoms with Gasteiger partial charge in [-0.05, 0) is 49.8 Å². The molecular weight excluding hydrogens is 391 g/mol. The molecule has 1 N–H and O–H groups in total. The minimum Gasteiger partial charge on any atom is -0.315 e. The van der Waals surface area contributed by atoms with Gasteiger partial charge < -0.3 is 9.72 Å². The zero-order valence-corrected chi connectivity index (χ0v) is 16.5. The summed E-state index contributed by atoms with van der Waals surface area (Å²) in [7, 11) is 0. The fraction of sp³-hybridized carbons (Fsp3) is 0.316. The Morgan fingerprint density at radius 1 is 1.00 bits per heavy atom. The van der Waals surface area contributed by atoms with Crippen LogP contribution in [0.25, 0.3) is 16.9 Å². The van der Waals surface area contributed by atoms with E-state index in [4.69, 9.17) is 39.8 Å². The lowest BCUT2D eigenvalue weighted by Gasteiger charge is -2.20. The van der Waals surface area contributed by atoms with Gasteiger partial charge in [-0.25, -0.2) is 4.98 Å².